The summed E-state index contributed by atoms with van der Waals surface area (Å²) in [5.41, 5.74) is 0.646. The van der Waals surface area contributed by atoms with E-state index >= 15 is 0 Å². The summed E-state index contributed by atoms with van der Waals surface area (Å²) in [5, 5.41) is 0. The van der Waals surface area contributed by atoms with Crippen LogP contribution in [0, 0.1) is 0 Å². The van der Waals surface area contributed by atoms with Crippen LogP contribution in [0.5, 0.6) is 5.75 Å². The minimum absolute atomic E-state index is 0.0234. The minimum Gasteiger partial charge on any atom is -0.496 e. The standard InChI is InChI=1S/C9H8Br2O2/c1-5(12)6-3-8(11)9(13-2)4-7(6)10/h3-4H,1-2H3. The van der Waals surface area contributed by atoms with E-state index < -0.39 is 0 Å². The van der Waals surface area contributed by atoms with Crippen LogP contribution in [0.15, 0.2) is 21.1 Å². The number of halogens is 2. The summed E-state index contributed by atoms with van der Waals surface area (Å²) in [6, 6.07) is 3.51. The van der Waals surface area contributed by atoms with E-state index in [1.807, 2.05) is 0 Å². The van der Waals surface area contributed by atoms with Crippen LogP contribution in [0.3, 0.4) is 0 Å². The molecule has 70 valence electrons. The van der Waals surface area contributed by atoms with Gasteiger partial charge in [-0.15, -0.1) is 0 Å². The van der Waals surface area contributed by atoms with E-state index in [2.05, 4.69) is 31.9 Å². The van der Waals surface area contributed by atoms with Gasteiger partial charge in [0.05, 0.1) is 11.6 Å². The molecule has 0 bridgehead atoms. The summed E-state index contributed by atoms with van der Waals surface area (Å²) >= 11 is 6.61. The van der Waals surface area contributed by atoms with Gasteiger partial charge in [-0.05, 0) is 50.9 Å². The monoisotopic (exact) mass is 306 g/mol. The van der Waals surface area contributed by atoms with Gasteiger partial charge in [0.1, 0.15) is 5.75 Å². The zero-order chi connectivity index (χ0) is 10.0. The molecule has 2 nitrogen and oxygen atoms in total. The SMILES string of the molecule is COc1cc(Br)c(C(C)=O)cc1Br. The first kappa shape index (κ1) is 10.7. The van der Waals surface area contributed by atoms with E-state index in [1.54, 1.807) is 19.2 Å². The Labute approximate surface area is 93.5 Å². The highest BCUT2D eigenvalue weighted by molar-refractivity contribution is 9.11. The zero-order valence-corrected chi connectivity index (χ0v) is 10.4. The summed E-state index contributed by atoms with van der Waals surface area (Å²) in [5.74, 6) is 0.729. The van der Waals surface area contributed by atoms with Crippen LogP contribution in [0.4, 0.5) is 0 Å². The molecule has 0 saturated heterocycles. The maximum atomic E-state index is 11.1. The van der Waals surface area contributed by atoms with Crippen LogP contribution in [0.2, 0.25) is 0 Å². The number of carbonyl (C=O) groups is 1. The van der Waals surface area contributed by atoms with Crippen molar-refractivity contribution in [2.75, 3.05) is 7.11 Å². The van der Waals surface area contributed by atoms with Crippen LogP contribution < -0.4 is 4.74 Å². The van der Waals surface area contributed by atoms with E-state index in [9.17, 15) is 4.79 Å². The van der Waals surface area contributed by atoms with E-state index in [1.165, 1.54) is 6.92 Å². The van der Waals surface area contributed by atoms with Crippen molar-refractivity contribution >= 4 is 37.6 Å². The predicted octanol–water partition coefficient (Wildman–Crippen LogP) is 3.42. The van der Waals surface area contributed by atoms with Gasteiger partial charge in [0, 0.05) is 10.0 Å². The fourth-order valence-electron chi connectivity index (χ4n) is 0.955. The molecule has 1 aromatic carbocycles. The van der Waals surface area contributed by atoms with Gasteiger partial charge in [-0.1, -0.05) is 0 Å². The third-order valence-electron chi connectivity index (χ3n) is 1.62. The molecular formula is C9H8Br2O2. The van der Waals surface area contributed by atoms with Gasteiger partial charge in [-0.3, -0.25) is 4.79 Å². The summed E-state index contributed by atoms with van der Waals surface area (Å²) < 4.78 is 6.60. The van der Waals surface area contributed by atoms with Crippen LogP contribution >= 0.6 is 31.9 Å². The Morgan fingerprint density at radius 3 is 2.38 bits per heavy atom. The maximum absolute atomic E-state index is 11.1. The molecule has 0 N–H and O–H groups in total. The average molecular weight is 308 g/mol. The number of methoxy groups -OCH3 is 1. The lowest BCUT2D eigenvalue weighted by atomic mass is 10.1. The first-order valence-corrected chi connectivity index (χ1v) is 5.19. The highest BCUT2D eigenvalue weighted by atomic mass is 79.9. The Hall–Kier alpha value is -0.350. The molecular weight excluding hydrogens is 300 g/mol. The van der Waals surface area contributed by atoms with Gasteiger partial charge in [-0.2, -0.15) is 0 Å². The summed E-state index contributed by atoms with van der Waals surface area (Å²) in [7, 11) is 1.58. The Morgan fingerprint density at radius 1 is 1.31 bits per heavy atom. The summed E-state index contributed by atoms with van der Waals surface area (Å²) in [6.07, 6.45) is 0. The second-order valence-corrected chi connectivity index (χ2v) is 4.23. The Bertz CT molecular complexity index is 348. The first-order chi connectivity index (χ1) is 6.06. The molecule has 0 aromatic heterocycles. The molecule has 0 fully saturated rings. The Balaban J connectivity index is 3.28. The number of benzene rings is 1. The molecule has 0 aliphatic rings. The molecule has 0 aliphatic carbocycles. The van der Waals surface area contributed by atoms with Gasteiger partial charge in [0.15, 0.2) is 5.78 Å². The smallest absolute Gasteiger partial charge is 0.160 e. The minimum atomic E-state index is 0.0234. The molecule has 0 atom stereocenters. The van der Waals surface area contributed by atoms with Gasteiger partial charge >= 0.3 is 0 Å². The molecule has 4 heteroatoms. The Morgan fingerprint density at radius 2 is 1.92 bits per heavy atom. The van der Waals surface area contributed by atoms with Crippen molar-refractivity contribution in [3.63, 3.8) is 0 Å². The van der Waals surface area contributed by atoms with E-state index in [-0.39, 0.29) is 5.78 Å². The van der Waals surface area contributed by atoms with Gasteiger partial charge < -0.3 is 4.74 Å². The third kappa shape index (κ3) is 2.31. The van der Waals surface area contributed by atoms with Crippen molar-refractivity contribution in [2.45, 2.75) is 6.92 Å². The van der Waals surface area contributed by atoms with Crippen molar-refractivity contribution in [1.29, 1.82) is 0 Å². The highest BCUT2D eigenvalue weighted by Crippen LogP contribution is 2.31. The second kappa shape index (κ2) is 4.24. The van der Waals surface area contributed by atoms with Crippen LogP contribution in [-0.2, 0) is 0 Å². The van der Waals surface area contributed by atoms with Crippen molar-refractivity contribution in [3.05, 3.63) is 26.6 Å². The molecule has 1 rings (SSSR count). The molecule has 0 spiro atoms. The summed E-state index contributed by atoms with van der Waals surface area (Å²) in [6.45, 7) is 1.53. The van der Waals surface area contributed by atoms with Gasteiger partial charge in [0.25, 0.3) is 0 Å². The largest absolute Gasteiger partial charge is 0.496 e. The Kier molecular flexibility index (Phi) is 3.50. The van der Waals surface area contributed by atoms with E-state index in [4.69, 9.17) is 4.74 Å². The molecule has 0 amide bonds. The lowest BCUT2D eigenvalue weighted by Gasteiger charge is -2.06. The second-order valence-electron chi connectivity index (χ2n) is 2.52. The number of carbonyl (C=O) groups excluding carboxylic acids is 1. The highest BCUT2D eigenvalue weighted by Gasteiger charge is 2.09. The topological polar surface area (TPSA) is 26.3 Å². The van der Waals surface area contributed by atoms with Crippen LogP contribution in [0.25, 0.3) is 0 Å². The number of Topliss-reactive ketones (excluding diaryl/α,β-unsaturated/α-hetero) is 1. The van der Waals surface area contributed by atoms with E-state index in [0.29, 0.717) is 11.3 Å². The number of rotatable bonds is 2. The van der Waals surface area contributed by atoms with Gasteiger partial charge in [0.2, 0.25) is 0 Å². The quantitative estimate of drug-likeness (QED) is 0.783. The van der Waals surface area contributed by atoms with E-state index in [0.717, 1.165) is 8.95 Å². The van der Waals surface area contributed by atoms with Crippen molar-refractivity contribution in [3.8, 4) is 5.75 Å². The number of ether oxygens (including phenoxy) is 1. The third-order valence-corrected chi connectivity index (χ3v) is 2.90. The molecule has 13 heavy (non-hydrogen) atoms. The lowest BCUT2D eigenvalue weighted by molar-refractivity contribution is 0.101. The van der Waals surface area contributed by atoms with Gasteiger partial charge in [-0.25, -0.2) is 0 Å². The average Bonchev–Trinajstić information content (AvgIpc) is 2.07. The molecule has 0 heterocycles. The number of ketones is 1. The van der Waals surface area contributed by atoms with Crippen molar-refractivity contribution < 1.29 is 9.53 Å². The molecule has 0 radical (unpaired) electrons. The number of hydrogen-bond acceptors (Lipinski definition) is 2. The zero-order valence-electron chi connectivity index (χ0n) is 7.23. The number of hydrogen-bond donors (Lipinski definition) is 0. The van der Waals surface area contributed by atoms with Crippen molar-refractivity contribution in [2.24, 2.45) is 0 Å². The first-order valence-electron chi connectivity index (χ1n) is 3.60. The molecule has 1 aromatic rings. The fourth-order valence-corrected chi connectivity index (χ4v) is 2.06. The fraction of sp³-hybridized carbons (Fsp3) is 0.222. The van der Waals surface area contributed by atoms with Crippen LogP contribution in [0.1, 0.15) is 17.3 Å². The van der Waals surface area contributed by atoms with Crippen LogP contribution in [-0.4, -0.2) is 12.9 Å². The lowest BCUT2D eigenvalue weighted by Crippen LogP contribution is -1.95. The summed E-state index contributed by atoms with van der Waals surface area (Å²) in [4.78, 5) is 11.1. The predicted molar refractivity (Wildman–Crippen MR) is 58.4 cm³/mol. The maximum Gasteiger partial charge on any atom is 0.160 e. The molecule has 0 aliphatic heterocycles. The normalized spacial score (nSPS) is 9.85. The van der Waals surface area contributed by atoms with Crippen molar-refractivity contribution in [1.82, 2.24) is 0 Å². The molecule has 0 unspecified atom stereocenters. The molecule has 0 saturated carbocycles.